The van der Waals surface area contributed by atoms with Gasteiger partial charge in [-0.25, -0.2) is 14.3 Å². The second kappa shape index (κ2) is 13.4. The summed E-state index contributed by atoms with van der Waals surface area (Å²) in [6.07, 6.45) is -5.05. The van der Waals surface area contributed by atoms with Gasteiger partial charge in [-0.05, 0) is 50.1 Å². The molecule has 0 spiro atoms. The van der Waals surface area contributed by atoms with E-state index in [1.165, 1.54) is 0 Å². The molecule has 13 nitrogen and oxygen atoms in total. The van der Waals surface area contributed by atoms with Crippen LogP contribution in [0, 0.1) is 6.92 Å². The number of ether oxygens (including phenoxy) is 1. The van der Waals surface area contributed by atoms with Crippen LogP contribution in [-0.4, -0.2) is 82.2 Å². The highest BCUT2D eigenvalue weighted by Gasteiger charge is 2.41. The Labute approximate surface area is 242 Å². The molecule has 1 aliphatic heterocycles. The minimum atomic E-state index is -4.51. The number of aryl methyl sites for hydroxylation is 1. The third kappa shape index (κ3) is 8.18. The van der Waals surface area contributed by atoms with Crippen LogP contribution in [-0.2, 0) is 33.7 Å². The van der Waals surface area contributed by atoms with Crippen molar-refractivity contribution in [2.24, 2.45) is 0 Å². The first-order valence-electron chi connectivity index (χ1n) is 12.9. The highest BCUT2D eigenvalue weighted by atomic mass is 19.4. The summed E-state index contributed by atoms with van der Waals surface area (Å²) in [4.78, 5) is 36.9. The Morgan fingerprint density at radius 2 is 1.72 bits per heavy atom. The molecule has 0 bridgehead atoms. The zero-order chi connectivity index (χ0) is 32.1. The van der Waals surface area contributed by atoms with E-state index in [2.05, 4.69) is 15.0 Å². The number of aliphatic carboxylic acids is 3. The fraction of sp³-hybridized carbons (Fsp3) is 0.444. The monoisotopic (exact) mass is 612 g/mol. The van der Waals surface area contributed by atoms with Crippen molar-refractivity contribution in [1.29, 1.82) is 0 Å². The third-order valence-electron chi connectivity index (χ3n) is 6.76. The van der Waals surface area contributed by atoms with Crippen molar-refractivity contribution in [3.05, 3.63) is 58.5 Å². The molecule has 0 radical (unpaired) electrons. The quantitative estimate of drug-likeness (QED) is 0.225. The SMILES string of the molecule is COc1ccc(CN2CCCC2c2cc3nc(C)cc(C(F)(F)F)n3n2)cc1CO.O=C(O)CC(O)(CC(=O)O)C(=O)O. The molecule has 43 heavy (non-hydrogen) atoms. The lowest BCUT2D eigenvalue weighted by Gasteiger charge is -2.23. The van der Waals surface area contributed by atoms with Crippen LogP contribution in [0.3, 0.4) is 0 Å². The average Bonchev–Trinajstić information content (AvgIpc) is 3.53. The first-order chi connectivity index (χ1) is 20.1. The van der Waals surface area contributed by atoms with E-state index in [4.69, 9.17) is 25.2 Å². The highest BCUT2D eigenvalue weighted by molar-refractivity contribution is 5.88. The van der Waals surface area contributed by atoms with Crippen molar-refractivity contribution >= 4 is 23.6 Å². The van der Waals surface area contributed by atoms with Gasteiger partial charge in [-0.15, -0.1) is 0 Å². The maximum absolute atomic E-state index is 13.5. The smallest absolute Gasteiger partial charge is 0.433 e. The van der Waals surface area contributed by atoms with Crippen molar-refractivity contribution < 1.29 is 57.8 Å². The van der Waals surface area contributed by atoms with Crippen LogP contribution >= 0.6 is 0 Å². The lowest BCUT2D eigenvalue weighted by Crippen LogP contribution is -2.42. The Hall–Kier alpha value is -4.28. The molecular formula is C27H31F3N4O9. The van der Waals surface area contributed by atoms with Crippen LogP contribution < -0.4 is 4.74 Å². The van der Waals surface area contributed by atoms with Gasteiger partial charge >= 0.3 is 24.1 Å². The van der Waals surface area contributed by atoms with Crippen LogP contribution in [0.5, 0.6) is 5.75 Å². The summed E-state index contributed by atoms with van der Waals surface area (Å²) < 4.78 is 46.5. The van der Waals surface area contributed by atoms with E-state index in [0.29, 0.717) is 29.2 Å². The molecule has 0 saturated carbocycles. The number of aromatic nitrogens is 3. The van der Waals surface area contributed by atoms with E-state index in [0.717, 1.165) is 35.5 Å². The fourth-order valence-corrected chi connectivity index (χ4v) is 4.84. The zero-order valence-corrected chi connectivity index (χ0v) is 23.2. The molecule has 5 N–H and O–H groups in total. The molecule has 1 aliphatic rings. The van der Waals surface area contributed by atoms with Crippen LogP contribution in [0.2, 0.25) is 0 Å². The zero-order valence-electron chi connectivity index (χ0n) is 23.2. The van der Waals surface area contributed by atoms with Crippen molar-refractivity contribution in [1.82, 2.24) is 19.5 Å². The van der Waals surface area contributed by atoms with Gasteiger partial charge in [-0.2, -0.15) is 18.3 Å². The van der Waals surface area contributed by atoms with E-state index in [9.17, 15) is 32.7 Å². The van der Waals surface area contributed by atoms with E-state index >= 15 is 0 Å². The average molecular weight is 613 g/mol. The summed E-state index contributed by atoms with van der Waals surface area (Å²) in [6, 6.07) is 8.23. The number of carboxylic acids is 3. The standard InChI is InChI=1S/C21H23F3N4O2.C6H8O7/c1-13-8-19(21(22,23)24)28-20(25-13)10-16(26-28)17-4-3-7-27(17)11-14-5-6-18(30-2)15(9-14)12-29;7-3(8)1-6(13,5(11)12)2-4(9)10/h5-6,8-10,17,29H,3-4,7,11-12H2,1-2H3;13H,1-2H2,(H,7,8)(H,9,10)(H,11,12). The first kappa shape index (κ1) is 33.2. The second-order valence-corrected chi connectivity index (χ2v) is 10.0. The number of benzene rings is 1. The van der Waals surface area contributed by atoms with Gasteiger partial charge in [0.25, 0.3) is 0 Å². The summed E-state index contributed by atoms with van der Waals surface area (Å²) in [6.45, 7) is 2.84. The number of nitrogens with zero attached hydrogens (tertiary/aromatic N) is 4. The Bertz CT molecular complexity index is 1480. The van der Waals surface area contributed by atoms with E-state index in [1.54, 1.807) is 20.1 Å². The Balaban J connectivity index is 0.000000331. The fourth-order valence-electron chi connectivity index (χ4n) is 4.84. The van der Waals surface area contributed by atoms with Crippen LogP contribution in [0.25, 0.3) is 5.65 Å². The van der Waals surface area contributed by atoms with Crippen molar-refractivity contribution in [2.45, 2.75) is 63.6 Å². The number of halogens is 3. The Morgan fingerprint density at radius 3 is 2.26 bits per heavy atom. The topological polar surface area (TPSA) is 195 Å². The Kier molecular flexibility index (Phi) is 10.3. The maximum Gasteiger partial charge on any atom is 0.433 e. The number of rotatable bonds is 10. The number of aliphatic hydroxyl groups is 2. The number of methoxy groups -OCH3 is 1. The molecule has 1 atom stereocenters. The van der Waals surface area contributed by atoms with Crippen molar-refractivity contribution in [3.63, 3.8) is 0 Å². The number of carbonyl (C=O) groups is 3. The molecule has 1 fully saturated rings. The normalized spacial score (nSPS) is 15.7. The minimum Gasteiger partial charge on any atom is -0.496 e. The highest BCUT2D eigenvalue weighted by Crippen LogP contribution is 2.35. The van der Waals surface area contributed by atoms with Gasteiger partial charge in [0.05, 0.1) is 38.3 Å². The molecule has 16 heteroatoms. The summed E-state index contributed by atoms with van der Waals surface area (Å²) in [7, 11) is 1.55. The largest absolute Gasteiger partial charge is 0.496 e. The summed E-state index contributed by atoms with van der Waals surface area (Å²) in [5.41, 5.74) is -0.753. The van der Waals surface area contributed by atoms with E-state index in [1.807, 2.05) is 18.2 Å². The molecule has 0 aliphatic carbocycles. The number of likely N-dealkylation sites (tertiary alicyclic amines) is 1. The molecule has 1 unspecified atom stereocenters. The summed E-state index contributed by atoms with van der Waals surface area (Å²) in [5, 5.41) is 47.7. The van der Waals surface area contributed by atoms with E-state index < -0.39 is 48.2 Å². The number of carboxylic acid groups (broad SMARTS) is 3. The van der Waals surface area contributed by atoms with Crippen LogP contribution in [0.4, 0.5) is 13.2 Å². The molecule has 0 amide bonds. The summed E-state index contributed by atoms with van der Waals surface area (Å²) >= 11 is 0. The lowest BCUT2D eigenvalue weighted by atomic mass is 9.96. The van der Waals surface area contributed by atoms with Crippen molar-refractivity contribution in [2.75, 3.05) is 13.7 Å². The van der Waals surface area contributed by atoms with Gasteiger partial charge in [-0.1, -0.05) is 6.07 Å². The first-order valence-corrected chi connectivity index (χ1v) is 12.9. The van der Waals surface area contributed by atoms with Gasteiger partial charge in [-0.3, -0.25) is 14.5 Å². The number of fused-ring (bicyclic) bond motifs is 1. The van der Waals surface area contributed by atoms with Crippen molar-refractivity contribution in [3.8, 4) is 5.75 Å². The predicted molar refractivity (Wildman–Crippen MR) is 141 cm³/mol. The van der Waals surface area contributed by atoms with Gasteiger partial charge in [0.15, 0.2) is 11.2 Å². The molecule has 234 valence electrons. The molecule has 3 aromatic rings. The van der Waals surface area contributed by atoms with Gasteiger partial charge in [0, 0.05) is 23.9 Å². The molecular weight excluding hydrogens is 581 g/mol. The molecule has 2 aromatic heterocycles. The maximum atomic E-state index is 13.5. The predicted octanol–water partition coefficient (Wildman–Crippen LogP) is 2.65. The number of aliphatic hydroxyl groups excluding tert-OH is 1. The molecule has 1 aromatic carbocycles. The number of hydrogen-bond acceptors (Lipinski definition) is 9. The Morgan fingerprint density at radius 1 is 1.07 bits per heavy atom. The van der Waals surface area contributed by atoms with Crippen LogP contribution in [0.1, 0.15) is 59.9 Å². The molecule has 4 rings (SSSR count). The van der Waals surface area contributed by atoms with E-state index in [-0.39, 0.29) is 18.3 Å². The lowest BCUT2D eigenvalue weighted by molar-refractivity contribution is -0.170. The van der Waals surface area contributed by atoms with Gasteiger partial charge < -0.3 is 30.3 Å². The summed E-state index contributed by atoms with van der Waals surface area (Å²) in [5.74, 6) is -4.39. The van der Waals surface area contributed by atoms with Gasteiger partial charge in [0.1, 0.15) is 11.4 Å². The molecule has 1 saturated heterocycles. The number of hydrogen-bond donors (Lipinski definition) is 5. The molecule has 3 heterocycles. The second-order valence-electron chi connectivity index (χ2n) is 10.0. The van der Waals surface area contributed by atoms with Gasteiger partial charge in [0.2, 0.25) is 0 Å². The number of alkyl halides is 3. The van der Waals surface area contributed by atoms with Crippen LogP contribution in [0.15, 0.2) is 30.3 Å². The third-order valence-corrected chi connectivity index (χ3v) is 6.76. The minimum absolute atomic E-state index is 0.0900.